The molecule has 0 N–H and O–H groups in total. The Kier molecular flexibility index (Phi) is 16.9. The lowest BCUT2D eigenvalue weighted by molar-refractivity contribution is -0.135. The van der Waals surface area contributed by atoms with Crippen LogP contribution in [0, 0.1) is 6.92 Å². The molecule has 1 fully saturated rings. The molecule has 0 spiro atoms. The van der Waals surface area contributed by atoms with E-state index in [4.69, 9.17) is 4.18 Å². The third-order valence-corrected chi connectivity index (χ3v) is 9.27. The number of hydrogen-bond acceptors (Lipinski definition) is 4. The molecule has 1 aliphatic rings. The van der Waals surface area contributed by atoms with Crippen molar-refractivity contribution < 1.29 is 17.4 Å². The molecule has 1 aliphatic heterocycles. The van der Waals surface area contributed by atoms with Crippen molar-refractivity contribution in [1.29, 1.82) is 0 Å². The second-order valence-electron chi connectivity index (χ2n) is 11.3. The van der Waals surface area contributed by atoms with E-state index in [0.29, 0.717) is 12.8 Å². The van der Waals surface area contributed by atoms with Crippen LogP contribution in [-0.2, 0) is 19.1 Å². The van der Waals surface area contributed by atoms with Crippen molar-refractivity contribution in [1.82, 2.24) is 4.90 Å². The molecule has 38 heavy (non-hydrogen) atoms. The SMILES string of the molecule is CCCCCCCCCCCCCCCCCC(=O)N1CCCCC1CCOS(=O)(=O)c1ccc(C)cc1. The zero-order chi connectivity index (χ0) is 27.5. The second-order valence-corrected chi connectivity index (χ2v) is 12.9. The fourth-order valence-electron chi connectivity index (χ4n) is 5.49. The van der Waals surface area contributed by atoms with Crippen molar-refractivity contribution in [3.63, 3.8) is 0 Å². The molecule has 2 rings (SSSR count). The van der Waals surface area contributed by atoms with E-state index in [0.717, 1.165) is 44.2 Å². The molecule has 1 aromatic rings. The largest absolute Gasteiger partial charge is 0.340 e. The summed E-state index contributed by atoms with van der Waals surface area (Å²) in [5.41, 5.74) is 1.01. The molecule has 1 saturated heterocycles. The van der Waals surface area contributed by atoms with Crippen LogP contribution in [0.5, 0.6) is 0 Å². The van der Waals surface area contributed by atoms with Crippen LogP contribution in [0.2, 0.25) is 0 Å². The lowest BCUT2D eigenvalue weighted by Crippen LogP contribution is -2.44. The van der Waals surface area contributed by atoms with Gasteiger partial charge in [-0.25, -0.2) is 0 Å². The van der Waals surface area contributed by atoms with Crippen molar-refractivity contribution in [3.8, 4) is 0 Å². The zero-order valence-electron chi connectivity index (χ0n) is 24.4. The van der Waals surface area contributed by atoms with Crippen LogP contribution in [0.15, 0.2) is 29.2 Å². The first-order chi connectivity index (χ1) is 18.4. The number of carbonyl (C=O) groups is 1. The number of hydrogen-bond donors (Lipinski definition) is 0. The normalized spacial score (nSPS) is 16.2. The molecule has 1 aromatic carbocycles. The number of likely N-dealkylation sites (tertiary alicyclic amines) is 1. The Labute approximate surface area is 234 Å². The Hall–Kier alpha value is -1.40. The minimum atomic E-state index is -3.76. The van der Waals surface area contributed by atoms with Crippen molar-refractivity contribution in [3.05, 3.63) is 29.8 Å². The van der Waals surface area contributed by atoms with Gasteiger partial charge in [0.15, 0.2) is 0 Å². The van der Waals surface area contributed by atoms with Gasteiger partial charge in [0.1, 0.15) is 0 Å². The predicted molar refractivity (Wildman–Crippen MR) is 158 cm³/mol. The van der Waals surface area contributed by atoms with E-state index in [9.17, 15) is 13.2 Å². The van der Waals surface area contributed by atoms with Gasteiger partial charge in [0.2, 0.25) is 5.91 Å². The molecule has 0 aliphatic carbocycles. The van der Waals surface area contributed by atoms with E-state index in [-0.39, 0.29) is 23.5 Å². The molecule has 0 aromatic heterocycles. The summed E-state index contributed by atoms with van der Waals surface area (Å²) in [5, 5.41) is 0. The molecule has 0 bridgehead atoms. The Morgan fingerprint density at radius 2 is 1.34 bits per heavy atom. The van der Waals surface area contributed by atoms with Gasteiger partial charge < -0.3 is 4.90 Å². The number of aryl methyl sites for hydroxylation is 1. The predicted octanol–water partition coefficient (Wildman–Crippen LogP) is 8.73. The molecule has 1 amide bonds. The average Bonchev–Trinajstić information content (AvgIpc) is 2.91. The fourth-order valence-corrected chi connectivity index (χ4v) is 6.41. The Balaban J connectivity index is 1.52. The molecule has 218 valence electrons. The quantitative estimate of drug-likeness (QED) is 0.114. The maximum absolute atomic E-state index is 12.9. The summed E-state index contributed by atoms with van der Waals surface area (Å²) in [5.74, 6) is 0.228. The molecule has 1 atom stereocenters. The smallest absolute Gasteiger partial charge is 0.296 e. The molecule has 5 nitrogen and oxygen atoms in total. The minimum absolute atomic E-state index is 0.0841. The monoisotopic (exact) mass is 549 g/mol. The lowest BCUT2D eigenvalue weighted by atomic mass is 9.98. The van der Waals surface area contributed by atoms with E-state index in [1.807, 2.05) is 11.8 Å². The molecule has 1 heterocycles. The summed E-state index contributed by atoms with van der Waals surface area (Å²) in [6.07, 6.45) is 24.0. The van der Waals surface area contributed by atoms with Gasteiger partial charge in [0.25, 0.3) is 10.1 Å². The summed E-state index contributed by atoms with van der Waals surface area (Å²) in [4.78, 5) is 15.1. The number of benzene rings is 1. The molecule has 6 heteroatoms. The standard InChI is InChI=1S/C32H55NO4S/c1-3-4-5-6-7-8-9-10-11-12-13-14-15-16-17-21-32(34)33-27-19-18-20-30(33)26-28-37-38(35,36)31-24-22-29(2)23-25-31/h22-25,30H,3-21,26-28H2,1-2H3. The molecular formula is C32H55NO4S. The summed E-state index contributed by atoms with van der Waals surface area (Å²) < 4.78 is 30.2. The van der Waals surface area contributed by atoms with Gasteiger partial charge in [-0.15, -0.1) is 0 Å². The van der Waals surface area contributed by atoms with Crippen LogP contribution in [0.3, 0.4) is 0 Å². The number of unbranched alkanes of at least 4 members (excludes halogenated alkanes) is 14. The minimum Gasteiger partial charge on any atom is -0.340 e. The van der Waals surface area contributed by atoms with Crippen LogP contribution in [-0.4, -0.2) is 38.4 Å². The van der Waals surface area contributed by atoms with Gasteiger partial charge >= 0.3 is 0 Å². The number of carbonyl (C=O) groups excluding carboxylic acids is 1. The zero-order valence-corrected chi connectivity index (χ0v) is 25.2. The summed E-state index contributed by atoms with van der Waals surface area (Å²) >= 11 is 0. The van der Waals surface area contributed by atoms with Crippen molar-refractivity contribution in [2.24, 2.45) is 0 Å². The van der Waals surface area contributed by atoms with Gasteiger partial charge in [-0.2, -0.15) is 8.42 Å². The number of amides is 1. The maximum Gasteiger partial charge on any atom is 0.296 e. The third kappa shape index (κ3) is 13.6. The Bertz CT molecular complexity index is 853. The van der Waals surface area contributed by atoms with E-state index >= 15 is 0 Å². The van der Waals surface area contributed by atoms with Crippen molar-refractivity contribution >= 4 is 16.0 Å². The van der Waals surface area contributed by atoms with Gasteiger partial charge in [0.05, 0.1) is 11.5 Å². The van der Waals surface area contributed by atoms with E-state index in [1.54, 1.807) is 24.3 Å². The Morgan fingerprint density at radius 3 is 1.89 bits per heavy atom. The maximum atomic E-state index is 12.9. The number of piperidine rings is 1. The van der Waals surface area contributed by atoms with Gasteiger partial charge in [-0.3, -0.25) is 8.98 Å². The molecule has 0 saturated carbocycles. The first-order valence-electron chi connectivity index (χ1n) is 15.7. The summed E-state index contributed by atoms with van der Waals surface area (Å²) in [6.45, 7) is 5.09. The fraction of sp³-hybridized carbons (Fsp3) is 0.781. The highest BCUT2D eigenvalue weighted by molar-refractivity contribution is 7.86. The topological polar surface area (TPSA) is 63.7 Å². The van der Waals surface area contributed by atoms with Crippen molar-refractivity contribution in [2.45, 2.75) is 153 Å². The summed E-state index contributed by atoms with van der Waals surface area (Å²) in [6, 6.07) is 6.79. The van der Waals surface area contributed by atoms with Crippen LogP contribution in [0.1, 0.15) is 141 Å². The number of rotatable bonds is 21. The van der Waals surface area contributed by atoms with Crippen LogP contribution in [0.25, 0.3) is 0 Å². The van der Waals surface area contributed by atoms with E-state index < -0.39 is 10.1 Å². The molecule has 1 unspecified atom stereocenters. The lowest BCUT2D eigenvalue weighted by Gasteiger charge is -2.36. The van der Waals surface area contributed by atoms with E-state index in [2.05, 4.69) is 6.92 Å². The highest BCUT2D eigenvalue weighted by Gasteiger charge is 2.27. The van der Waals surface area contributed by atoms with Gasteiger partial charge in [-0.1, -0.05) is 115 Å². The first kappa shape index (κ1) is 32.8. The van der Waals surface area contributed by atoms with Crippen molar-refractivity contribution in [2.75, 3.05) is 13.2 Å². The van der Waals surface area contributed by atoms with Crippen LogP contribution < -0.4 is 0 Å². The first-order valence-corrected chi connectivity index (χ1v) is 17.1. The highest BCUT2D eigenvalue weighted by atomic mass is 32.2. The Morgan fingerprint density at radius 1 is 0.816 bits per heavy atom. The average molecular weight is 550 g/mol. The summed E-state index contributed by atoms with van der Waals surface area (Å²) in [7, 11) is -3.76. The van der Waals surface area contributed by atoms with Gasteiger partial charge in [0, 0.05) is 19.0 Å². The second kappa shape index (κ2) is 19.6. The van der Waals surface area contributed by atoms with E-state index in [1.165, 1.54) is 83.5 Å². The molecule has 0 radical (unpaired) electrons. The van der Waals surface area contributed by atoms with Gasteiger partial charge in [-0.05, 0) is 51.2 Å². The third-order valence-electron chi connectivity index (χ3n) is 7.94. The highest BCUT2D eigenvalue weighted by Crippen LogP contribution is 2.23. The molecular weight excluding hydrogens is 494 g/mol. The van der Waals surface area contributed by atoms with Crippen LogP contribution >= 0.6 is 0 Å². The van der Waals surface area contributed by atoms with Crippen LogP contribution in [0.4, 0.5) is 0 Å². The number of nitrogens with zero attached hydrogens (tertiary/aromatic N) is 1.